The fourth-order valence-corrected chi connectivity index (χ4v) is 4.84. The molecule has 6 heteroatoms. The van der Waals surface area contributed by atoms with Crippen LogP contribution >= 0.6 is 19.9 Å². The number of halogens is 1. The van der Waals surface area contributed by atoms with Crippen molar-refractivity contribution in [3.05, 3.63) is 77.3 Å². The summed E-state index contributed by atoms with van der Waals surface area (Å²) in [5.74, 6) is 0. The number of hydrogen-bond acceptors (Lipinski definition) is 3. The third-order valence-electron chi connectivity index (χ3n) is 5.08. The van der Waals surface area contributed by atoms with E-state index >= 15 is 0 Å². The van der Waals surface area contributed by atoms with E-state index in [1.54, 1.807) is 7.11 Å². The quantitative estimate of drug-likeness (QED) is 0.335. The molecule has 0 bridgehead atoms. The van der Waals surface area contributed by atoms with Gasteiger partial charge in [0.1, 0.15) is 5.69 Å². The number of aromatic amines is 1. The first-order valence-corrected chi connectivity index (χ1v) is 11.4. The van der Waals surface area contributed by atoms with Crippen molar-refractivity contribution in [2.45, 2.75) is 26.2 Å². The molecule has 0 fully saturated rings. The van der Waals surface area contributed by atoms with Gasteiger partial charge in [-0.05, 0) is 35.2 Å². The average molecular weight is 438 g/mol. The predicted molar refractivity (Wildman–Crippen MR) is 129 cm³/mol. The van der Waals surface area contributed by atoms with Gasteiger partial charge in [-0.1, -0.05) is 74.8 Å². The van der Waals surface area contributed by atoms with Crippen LogP contribution in [0.1, 0.15) is 26.3 Å². The summed E-state index contributed by atoms with van der Waals surface area (Å²) in [6.07, 6.45) is 0. The molecule has 1 aromatic heterocycles. The van der Waals surface area contributed by atoms with Gasteiger partial charge in [0.15, 0.2) is 8.30 Å². The van der Waals surface area contributed by atoms with E-state index in [0.29, 0.717) is 5.02 Å². The largest absolute Gasteiger partial charge is 0.339 e. The molecule has 0 saturated heterocycles. The lowest BCUT2D eigenvalue weighted by atomic mass is 9.87. The third-order valence-corrected chi connectivity index (χ3v) is 6.89. The van der Waals surface area contributed by atoms with E-state index in [0.717, 1.165) is 33.2 Å². The van der Waals surface area contributed by atoms with Gasteiger partial charge < -0.3 is 9.61 Å². The first kappa shape index (κ1) is 20.9. The molecule has 4 rings (SSSR count). The Kier molecular flexibility index (Phi) is 5.84. The molecule has 0 saturated carbocycles. The van der Waals surface area contributed by atoms with Gasteiger partial charge in [0.2, 0.25) is 0 Å². The second-order valence-electron chi connectivity index (χ2n) is 8.19. The highest BCUT2D eigenvalue weighted by atomic mass is 35.5. The number of benzene rings is 3. The van der Waals surface area contributed by atoms with Crippen LogP contribution in [-0.2, 0) is 9.94 Å². The molecule has 1 atom stereocenters. The molecular weight excluding hydrogens is 413 g/mol. The Morgan fingerprint density at radius 1 is 1.00 bits per heavy atom. The lowest BCUT2D eigenvalue weighted by molar-refractivity contribution is 0.471. The lowest BCUT2D eigenvalue weighted by Crippen LogP contribution is -2.14. The SMILES string of the molecule is COP(Nc1ccc(Cl)cc1-c1n[nH]c2ccccc12)c1ccc(C(C)(C)C)cc1. The summed E-state index contributed by atoms with van der Waals surface area (Å²) in [5.41, 5.74) is 5.15. The van der Waals surface area contributed by atoms with E-state index in [1.807, 2.05) is 36.4 Å². The zero-order valence-corrected chi connectivity index (χ0v) is 19.2. The van der Waals surface area contributed by atoms with Crippen molar-refractivity contribution in [3.8, 4) is 11.3 Å². The molecule has 3 aromatic carbocycles. The number of hydrogen-bond donors (Lipinski definition) is 2. The zero-order chi connectivity index (χ0) is 21.3. The summed E-state index contributed by atoms with van der Waals surface area (Å²) in [4.78, 5) is 0. The van der Waals surface area contributed by atoms with Gasteiger partial charge in [-0.15, -0.1) is 0 Å². The summed E-state index contributed by atoms with van der Waals surface area (Å²) in [7, 11) is 0.678. The third kappa shape index (κ3) is 4.22. The monoisotopic (exact) mass is 437 g/mol. The van der Waals surface area contributed by atoms with E-state index < -0.39 is 8.30 Å². The van der Waals surface area contributed by atoms with Crippen molar-refractivity contribution < 1.29 is 4.52 Å². The summed E-state index contributed by atoms with van der Waals surface area (Å²) in [6, 6.07) is 22.5. The molecule has 2 N–H and O–H groups in total. The van der Waals surface area contributed by atoms with Crippen LogP contribution in [-0.4, -0.2) is 17.3 Å². The highest BCUT2D eigenvalue weighted by molar-refractivity contribution is 7.62. The number of nitrogens with one attached hydrogen (secondary N) is 2. The topological polar surface area (TPSA) is 49.9 Å². The average Bonchev–Trinajstić information content (AvgIpc) is 3.16. The molecule has 0 amide bonds. The number of para-hydroxylation sites is 1. The van der Waals surface area contributed by atoms with Crippen LogP contribution in [0.5, 0.6) is 0 Å². The molecule has 4 nitrogen and oxygen atoms in total. The van der Waals surface area contributed by atoms with Crippen molar-refractivity contribution in [2.24, 2.45) is 0 Å². The Hall–Kier alpha value is -2.39. The standard InChI is InChI=1S/C24H25ClN3OP/c1-24(2,3)16-9-12-18(13-10-16)30(29-4)28-22-14-11-17(25)15-20(22)23-19-7-5-6-8-21(19)26-27-23/h5-15,28H,1-4H3,(H,26,27). The number of H-pyrrole nitrogens is 1. The van der Waals surface area contributed by atoms with Crippen LogP contribution in [0.25, 0.3) is 22.2 Å². The fraction of sp³-hybridized carbons (Fsp3) is 0.208. The minimum atomic E-state index is -1.05. The van der Waals surface area contributed by atoms with Crippen molar-refractivity contribution in [1.82, 2.24) is 10.2 Å². The van der Waals surface area contributed by atoms with Crippen LogP contribution in [0.4, 0.5) is 5.69 Å². The van der Waals surface area contributed by atoms with E-state index in [1.165, 1.54) is 5.56 Å². The first-order valence-electron chi connectivity index (χ1n) is 9.81. The molecule has 1 unspecified atom stereocenters. The Labute approximate surface area is 183 Å². The van der Waals surface area contributed by atoms with Gasteiger partial charge in [0, 0.05) is 34.1 Å². The molecule has 154 valence electrons. The van der Waals surface area contributed by atoms with E-state index in [-0.39, 0.29) is 5.41 Å². The first-order chi connectivity index (χ1) is 14.4. The molecule has 0 spiro atoms. The molecule has 0 radical (unpaired) electrons. The summed E-state index contributed by atoms with van der Waals surface area (Å²) < 4.78 is 5.85. The maximum atomic E-state index is 6.34. The minimum absolute atomic E-state index is 0.117. The van der Waals surface area contributed by atoms with Gasteiger partial charge in [-0.3, -0.25) is 5.10 Å². The summed E-state index contributed by atoms with van der Waals surface area (Å²) in [5, 5.41) is 14.1. The Morgan fingerprint density at radius 3 is 2.43 bits per heavy atom. The highest BCUT2D eigenvalue weighted by Crippen LogP contribution is 2.41. The Balaban J connectivity index is 1.70. The van der Waals surface area contributed by atoms with Gasteiger partial charge in [0.25, 0.3) is 0 Å². The number of anilines is 1. The second-order valence-corrected chi connectivity index (χ2v) is 10.3. The maximum absolute atomic E-state index is 6.34. The van der Waals surface area contributed by atoms with Gasteiger partial charge in [-0.25, -0.2) is 0 Å². The fourth-order valence-electron chi connectivity index (χ4n) is 3.40. The lowest BCUT2D eigenvalue weighted by Gasteiger charge is -2.22. The Morgan fingerprint density at radius 2 is 1.73 bits per heavy atom. The normalized spacial score (nSPS) is 12.8. The predicted octanol–water partition coefficient (Wildman–Crippen LogP) is 6.88. The van der Waals surface area contributed by atoms with E-state index in [4.69, 9.17) is 16.1 Å². The summed E-state index contributed by atoms with van der Waals surface area (Å²) >= 11 is 6.34. The van der Waals surface area contributed by atoms with Crippen molar-refractivity contribution in [1.29, 1.82) is 0 Å². The molecule has 0 aliphatic rings. The number of aromatic nitrogens is 2. The molecule has 30 heavy (non-hydrogen) atoms. The number of fused-ring (bicyclic) bond motifs is 1. The van der Waals surface area contributed by atoms with Crippen molar-refractivity contribution in [2.75, 3.05) is 12.2 Å². The highest BCUT2D eigenvalue weighted by Gasteiger charge is 2.19. The van der Waals surface area contributed by atoms with Crippen molar-refractivity contribution in [3.63, 3.8) is 0 Å². The Bertz CT molecular complexity index is 1170. The van der Waals surface area contributed by atoms with Crippen molar-refractivity contribution >= 4 is 41.8 Å². The molecular formula is C24H25ClN3OP. The maximum Gasteiger partial charge on any atom is 0.163 e. The van der Waals surface area contributed by atoms with Crippen LogP contribution in [0.2, 0.25) is 5.02 Å². The number of rotatable bonds is 5. The van der Waals surface area contributed by atoms with Crippen LogP contribution < -0.4 is 10.4 Å². The van der Waals surface area contributed by atoms with Gasteiger partial charge >= 0.3 is 0 Å². The zero-order valence-electron chi connectivity index (χ0n) is 17.5. The summed E-state index contributed by atoms with van der Waals surface area (Å²) in [6.45, 7) is 6.65. The number of nitrogens with zero attached hydrogens (tertiary/aromatic N) is 1. The van der Waals surface area contributed by atoms with E-state index in [2.05, 4.69) is 66.4 Å². The molecule has 0 aliphatic heterocycles. The minimum Gasteiger partial charge on any atom is -0.339 e. The van der Waals surface area contributed by atoms with Crippen LogP contribution in [0.15, 0.2) is 66.7 Å². The van der Waals surface area contributed by atoms with Crippen LogP contribution in [0.3, 0.4) is 0 Å². The van der Waals surface area contributed by atoms with E-state index in [9.17, 15) is 0 Å². The van der Waals surface area contributed by atoms with Crippen LogP contribution in [0, 0.1) is 0 Å². The molecule has 1 heterocycles. The molecule has 4 aromatic rings. The second kappa shape index (κ2) is 8.39. The van der Waals surface area contributed by atoms with Gasteiger partial charge in [-0.2, -0.15) is 5.10 Å². The van der Waals surface area contributed by atoms with Gasteiger partial charge in [0.05, 0.1) is 5.52 Å². The smallest absolute Gasteiger partial charge is 0.163 e. The molecule has 0 aliphatic carbocycles.